The number of nitrogens with one attached hydrogen (secondary N) is 2. The van der Waals surface area contributed by atoms with E-state index in [9.17, 15) is 10.1 Å². The van der Waals surface area contributed by atoms with Gasteiger partial charge in [-0.05, 0) is 31.4 Å². The molecule has 5 nitrogen and oxygen atoms in total. The minimum Gasteiger partial charge on any atom is -0.382 e. The van der Waals surface area contributed by atoms with Crippen LogP contribution < -0.4 is 10.6 Å². The fraction of sp³-hybridized carbons (Fsp3) is 0.455. The second-order valence-corrected chi connectivity index (χ2v) is 3.98. The van der Waals surface area contributed by atoms with Crippen molar-refractivity contribution < 1.29 is 4.92 Å². The summed E-state index contributed by atoms with van der Waals surface area (Å²) in [5.74, 6) is 0. The van der Waals surface area contributed by atoms with E-state index >= 15 is 0 Å². The Morgan fingerprint density at radius 1 is 1.38 bits per heavy atom. The second kappa shape index (κ2) is 4.38. The Morgan fingerprint density at radius 3 is 2.56 bits per heavy atom. The summed E-state index contributed by atoms with van der Waals surface area (Å²) in [5, 5.41) is 17.1. The molecule has 0 saturated heterocycles. The van der Waals surface area contributed by atoms with E-state index in [0.717, 1.165) is 12.8 Å². The van der Waals surface area contributed by atoms with Crippen molar-refractivity contribution in [3.05, 3.63) is 28.3 Å². The Morgan fingerprint density at radius 2 is 2.06 bits per heavy atom. The van der Waals surface area contributed by atoms with Gasteiger partial charge in [-0.25, -0.2) is 0 Å². The van der Waals surface area contributed by atoms with Crippen molar-refractivity contribution in [2.75, 3.05) is 17.7 Å². The molecule has 0 amide bonds. The van der Waals surface area contributed by atoms with E-state index in [0.29, 0.717) is 17.4 Å². The number of hydrogen-bond donors (Lipinski definition) is 2. The molecule has 1 saturated carbocycles. The maximum Gasteiger partial charge on any atom is 0.315 e. The van der Waals surface area contributed by atoms with Gasteiger partial charge in [0.05, 0.1) is 4.92 Å². The summed E-state index contributed by atoms with van der Waals surface area (Å²) in [5.41, 5.74) is 1.30. The van der Waals surface area contributed by atoms with E-state index in [-0.39, 0.29) is 10.6 Å². The summed E-state index contributed by atoms with van der Waals surface area (Å²) in [7, 11) is 1.69. The van der Waals surface area contributed by atoms with Gasteiger partial charge in [-0.2, -0.15) is 0 Å². The third kappa shape index (κ3) is 1.93. The number of nitro benzene ring substituents is 1. The van der Waals surface area contributed by atoms with Crippen LogP contribution in [0.2, 0.25) is 0 Å². The van der Waals surface area contributed by atoms with E-state index in [1.165, 1.54) is 6.42 Å². The van der Waals surface area contributed by atoms with Gasteiger partial charge < -0.3 is 10.6 Å². The summed E-state index contributed by atoms with van der Waals surface area (Å²) in [6.45, 7) is 0. The zero-order valence-corrected chi connectivity index (χ0v) is 9.19. The Labute approximate surface area is 94.0 Å². The number of nitro groups is 1. The maximum atomic E-state index is 11.0. The molecule has 86 valence electrons. The first-order chi connectivity index (χ1) is 7.72. The summed E-state index contributed by atoms with van der Waals surface area (Å²) in [4.78, 5) is 10.7. The van der Waals surface area contributed by atoms with Gasteiger partial charge in [0.15, 0.2) is 0 Å². The summed E-state index contributed by atoms with van der Waals surface area (Å²) in [6.07, 6.45) is 3.40. The lowest BCUT2D eigenvalue weighted by Gasteiger charge is -2.27. The molecule has 16 heavy (non-hydrogen) atoms. The van der Waals surface area contributed by atoms with Crippen molar-refractivity contribution in [1.82, 2.24) is 0 Å². The lowest BCUT2D eigenvalue weighted by Crippen LogP contribution is -2.27. The average Bonchev–Trinajstić information content (AvgIpc) is 2.22. The largest absolute Gasteiger partial charge is 0.382 e. The van der Waals surface area contributed by atoms with Gasteiger partial charge in [-0.3, -0.25) is 10.1 Å². The van der Waals surface area contributed by atoms with Gasteiger partial charge in [0.2, 0.25) is 0 Å². The molecule has 0 atom stereocenters. The number of anilines is 2. The van der Waals surface area contributed by atoms with Gasteiger partial charge in [0.1, 0.15) is 11.4 Å². The molecule has 2 N–H and O–H groups in total. The molecule has 1 aliphatic carbocycles. The van der Waals surface area contributed by atoms with Gasteiger partial charge in [0, 0.05) is 13.1 Å². The number of nitrogens with zero attached hydrogens (tertiary/aromatic N) is 1. The lowest BCUT2D eigenvalue weighted by molar-refractivity contribution is -0.383. The average molecular weight is 221 g/mol. The summed E-state index contributed by atoms with van der Waals surface area (Å²) >= 11 is 0. The molecule has 1 aromatic rings. The predicted molar refractivity (Wildman–Crippen MR) is 63.9 cm³/mol. The highest BCUT2D eigenvalue weighted by atomic mass is 16.6. The van der Waals surface area contributed by atoms with Crippen LogP contribution in [0.3, 0.4) is 0 Å². The molecule has 0 unspecified atom stereocenters. The molecule has 1 aliphatic rings. The molecule has 5 heteroatoms. The zero-order valence-electron chi connectivity index (χ0n) is 9.19. The minimum absolute atomic E-state index is 0.136. The second-order valence-electron chi connectivity index (χ2n) is 3.98. The van der Waals surface area contributed by atoms with Crippen LogP contribution in [0.15, 0.2) is 18.2 Å². The van der Waals surface area contributed by atoms with Crippen LogP contribution >= 0.6 is 0 Å². The first-order valence-electron chi connectivity index (χ1n) is 5.44. The monoisotopic (exact) mass is 221 g/mol. The van der Waals surface area contributed by atoms with Crippen molar-refractivity contribution in [3.8, 4) is 0 Å². The summed E-state index contributed by atoms with van der Waals surface area (Å²) < 4.78 is 0. The van der Waals surface area contributed by atoms with Gasteiger partial charge in [-0.15, -0.1) is 0 Å². The highest BCUT2D eigenvalue weighted by Crippen LogP contribution is 2.34. The molecule has 0 aromatic heterocycles. The highest BCUT2D eigenvalue weighted by Gasteiger charge is 2.23. The van der Waals surface area contributed by atoms with Gasteiger partial charge >= 0.3 is 5.69 Å². The molecule has 0 bridgehead atoms. The number of benzene rings is 1. The first kappa shape index (κ1) is 10.7. The van der Waals surface area contributed by atoms with E-state index in [1.807, 2.05) is 6.07 Å². The van der Waals surface area contributed by atoms with Crippen molar-refractivity contribution in [3.63, 3.8) is 0 Å². The normalized spacial score (nSPS) is 15.3. The summed E-state index contributed by atoms with van der Waals surface area (Å²) in [6, 6.07) is 5.69. The first-order valence-corrected chi connectivity index (χ1v) is 5.44. The smallest absolute Gasteiger partial charge is 0.315 e. The SMILES string of the molecule is CNc1cccc(NC2CCC2)c1[N+](=O)[O-]. The molecule has 0 radical (unpaired) electrons. The van der Waals surface area contributed by atoms with Crippen molar-refractivity contribution in [2.45, 2.75) is 25.3 Å². The molecule has 0 spiro atoms. The third-order valence-corrected chi connectivity index (χ3v) is 2.95. The van der Waals surface area contributed by atoms with Crippen LogP contribution in [0.4, 0.5) is 17.1 Å². The van der Waals surface area contributed by atoms with Crippen LogP contribution in [0.25, 0.3) is 0 Å². The third-order valence-electron chi connectivity index (χ3n) is 2.95. The maximum absolute atomic E-state index is 11.0. The van der Waals surface area contributed by atoms with Crippen LogP contribution in [0.5, 0.6) is 0 Å². The fourth-order valence-electron chi connectivity index (χ4n) is 1.83. The van der Waals surface area contributed by atoms with Gasteiger partial charge in [-0.1, -0.05) is 6.07 Å². The molecule has 0 aliphatic heterocycles. The fourth-order valence-corrected chi connectivity index (χ4v) is 1.83. The Balaban J connectivity index is 2.30. The van der Waals surface area contributed by atoms with Crippen LogP contribution in [0.1, 0.15) is 19.3 Å². The molecule has 2 rings (SSSR count). The van der Waals surface area contributed by atoms with E-state index in [1.54, 1.807) is 19.2 Å². The Hall–Kier alpha value is -1.78. The lowest BCUT2D eigenvalue weighted by atomic mass is 9.93. The molecular formula is C11H15N3O2. The van der Waals surface area contributed by atoms with Crippen LogP contribution in [-0.4, -0.2) is 18.0 Å². The highest BCUT2D eigenvalue weighted by molar-refractivity contribution is 5.76. The number of para-hydroxylation sites is 1. The van der Waals surface area contributed by atoms with Crippen molar-refractivity contribution in [2.24, 2.45) is 0 Å². The molecule has 0 heterocycles. The molecule has 1 aromatic carbocycles. The topological polar surface area (TPSA) is 67.2 Å². The van der Waals surface area contributed by atoms with Crippen molar-refractivity contribution in [1.29, 1.82) is 0 Å². The van der Waals surface area contributed by atoms with E-state index in [4.69, 9.17) is 0 Å². The molecular weight excluding hydrogens is 206 g/mol. The standard InChI is InChI=1S/C11H15N3O2/c1-12-9-6-3-7-10(11(9)14(15)16)13-8-4-2-5-8/h3,6-8,12-13H,2,4-5H2,1H3. The van der Waals surface area contributed by atoms with Crippen LogP contribution in [0, 0.1) is 10.1 Å². The number of hydrogen-bond acceptors (Lipinski definition) is 4. The Kier molecular flexibility index (Phi) is 2.94. The van der Waals surface area contributed by atoms with E-state index < -0.39 is 0 Å². The Bertz CT molecular complexity index is 402. The molecule has 1 fully saturated rings. The number of rotatable bonds is 4. The van der Waals surface area contributed by atoms with Crippen molar-refractivity contribution >= 4 is 17.1 Å². The van der Waals surface area contributed by atoms with E-state index in [2.05, 4.69) is 10.6 Å². The van der Waals surface area contributed by atoms with Crippen LogP contribution in [-0.2, 0) is 0 Å². The zero-order chi connectivity index (χ0) is 11.5. The minimum atomic E-state index is -0.340. The quantitative estimate of drug-likeness (QED) is 0.605. The van der Waals surface area contributed by atoms with Gasteiger partial charge in [0.25, 0.3) is 0 Å². The predicted octanol–water partition coefficient (Wildman–Crippen LogP) is 2.60.